The minimum Gasteiger partial charge on any atom is -0.465 e. The summed E-state index contributed by atoms with van der Waals surface area (Å²) in [5.74, 6) is -1.50. The van der Waals surface area contributed by atoms with Crippen LogP contribution in [-0.4, -0.2) is 33.4 Å². The summed E-state index contributed by atoms with van der Waals surface area (Å²) in [7, 11) is -3.73. The normalized spacial score (nSPS) is 11.2. The number of carbonyl (C=O) groups excluding carboxylic acids is 1. The fourth-order valence-corrected chi connectivity index (χ4v) is 1.38. The lowest BCUT2D eigenvalue weighted by Gasteiger charge is -2.02. The van der Waals surface area contributed by atoms with Crippen LogP contribution in [0.15, 0.2) is 0 Å². The Kier molecular flexibility index (Phi) is 4.84. The smallest absolute Gasteiger partial charge is 0.323 e. The summed E-state index contributed by atoms with van der Waals surface area (Å²) in [6.07, 6.45) is 0. The quantitative estimate of drug-likeness (QED) is 0.454. The second kappa shape index (κ2) is 5.10. The highest BCUT2D eigenvalue weighted by Gasteiger charge is 2.16. The topological polar surface area (TPSA) is 69.7 Å². The Hall–Kier alpha value is -0.620. The molecule has 0 aliphatic heterocycles. The van der Waals surface area contributed by atoms with Crippen molar-refractivity contribution in [3.8, 4) is 0 Å². The number of hydrogen-bond acceptors (Lipinski definition) is 5. The van der Waals surface area contributed by atoms with Gasteiger partial charge in [-0.15, -0.1) is 0 Å². The number of rotatable bonds is 5. The lowest BCUT2D eigenvalue weighted by atomic mass is 10.8. The lowest BCUT2D eigenvalue weighted by molar-refractivity contribution is -0.140. The van der Waals surface area contributed by atoms with Crippen molar-refractivity contribution in [3.05, 3.63) is 0 Å². The van der Waals surface area contributed by atoms with E-state index in [2.05, 4.69) is 8.92 Å². The molecule has 0 unspecified atom stereocenters. The van der Waals surface area contributed by atoms with Crippen molar-refractivity contribution in [2.24, 2.45) is 0 Å². The van der Waals surface area contributed by atoms with Gasteiger partial charge in [0.1, 0.15) is 0 Å². The predicted molar refractivity (Wildman–Crippen MR) is 42.0 cm³/mol. The molecule has 0 N–H and O–H groups in total. The predicted octanol–water partition coefficient (Wildman–Crippen LogP) is -0.0842. The Morgan fingerprint density at radius 3 is 2.25 bits per heavy atom. The second-order valence-electron chi connectivity index (χ2n) is 1.91. The molecule has 0 aromatic heterocycles. The number of ether oxygens (including phenoxy) is 1. The zero-order valence-corrected chi connectivity index (χ0v) is 7.89. The highest BCUT2D eigenvalue weighted by atomic mass is 32.2. The molecule has 0 saturated carbocycles. The Morgan fingerprint density at radius 1 is 1.25 bits per heavy atom. The van der Waals surface area contributed by atoms with Gasteiger partial charge in [0.05, 0.1) is 13.2 Å². The summed E-state index contributed by atoms with van der Waals surface area (Å²) >= 11 is 0. The van der Waals surface area contributed by atoms with E-state index in [-0.39, 0.29) is 13.2 Å². The molecular formula is C6H12O5S. The molecule has 0 fully saturated rings. The maximum absolute atomic E-state index is 10.8. The van der Waals surface area contributed by atoms with Crippen LogP contribution in [0.25, 0.3) is 0 Å². The minimum atomic E-state index is -3.73. The second-order valence-corrected chi connectivity index (χ2v) is 3.55. The fraction of sp³-hybridized carbons (Fsp3) is 0.833. The molecule has 0 atom stereocenters. The Labute approximate surface area is 71.8 Å². The van der Waals surface area contributed by atoms with E-state index in [1.54, 1.807) is 6.92 Å². The third kappa shape index (κ3) is 5.09. The van der Waals surface area contributed by atoms with Crippen LogP contribution in [-0.2, 0) is 23.8 Å². The molecule has 0 rings (SSSR count). The highest BCUT2D eigenvalue weighted by Crippen LogP contribution is 1.94. The van der Waals surface area contributed by atoms with Crippen molar-refractivity contribution < 1.29 is 22.1 Å². The van der Waals surface area contributed by atoms with Crippen LogP contribution < -0.4 is 0 Å². The van der Waals surface area contributed by atoms with Crippen LogP contribution >= 0.6 is 0 Å². The van der Waals surface area contributed by atoms with E-state index in [0.29, 0.717) is 0 Å². The van der Waals surface area contributed by atoms with Gasteiger partial charge in [-0.1, -0.05) is 0 Å². The third-order valence-corrected chi connectivity index (χ3v) is 2.08. The van der Waals surface area contributed by atoms with Gasteiger partial charge in [-0.05, 0) is 13.8 Å². The van der Waals surface area contributed by atoms with Gasteiger partial charge in [-0.25, -0.2) is 0 Å². The largest absolute Gasteiger partial charge is 0.465 e. The van der Waals surface area contributed by atoms with Gasteiger partial charge < -0.3 is 4.74 Å². The summed E-state index contributed by atoms with van der Waals surface area (Å²) < 4.78 is 30.3. The maximum atomic E-state index is 10.8. The van der Waals surface area contributed by atoms with E-state index >= 15 is 0 Å². The Morgan fingerprint density at radius 2 is 1.83 bits per heavy atom. The van der Waals surface area contributed by atoms with Gasteiger partial charge in [-0.3, -0.25) is 8.98 Å². The molecule has 72 valence electrons. The molecule has 0 heterocycles. The fourth-order valence-electron chi connectivity index (χ4n) is 0.568. The van der Waals surface area contributed by atoms with Gasteiger partial charge in [0, 0.05) is 0 Å². The molecule has 6 heteroatoms. The van der Waals surface area contributed by atoms with E-state index in [1.807, 2.05) is 0 Å². The zero-order valence-electron chi connectivity index (χ0n) is 7.07. The van der Waals surface area contributed by atoms with Gasteiger partial charge >= 0.3 is 5.97 Å². The van der Waals surface area contributed by atoms with Crippen molar-refractivity contribution in [2.45, 2.75) is 13.8 Å². The molecule has 5 nitrogen and oxygen atoms in total. The molecule has 0 amide bonds. The summed E-state index contributed by atoms with van der Waals surface area (Å²) in [5.41, 5.74) is 0. The van der Waals surface area contributed by atoms with Gasteiger partial charge in [0.15, 0.2) is 5.75 Å². The average Bonchev–Trinajstić information content (AvgIpc) is 1.85. The molecule has 0 aliphatic rings. The first kappa shape index (κ1) is 11.4. The highest BCUT2D eigenvalue weighted by molar-refractivity contribution is 7.87. The van der Waals surface area contributed by atoms with Gasteiger partial charge in [-0.2, -0.15) is 8.42 Å². The van der Waals surface area contributed by atoms with Crippen molar-refractivity contribution in [1.82, 2.24) is 0 Å². The molecule has 0 aromatic rings. The molecule has 0 saturated heterocycles. The van der Waals surface area contributed by atoms with Crippen LogP contribution in [0.3, 0.4) is 0 Å². The molecule has 0 bridgehead atoms. The average molecular weight is 196 g/mol. The van der Waals surface area contributed by atoms with Crippen LogP contribution in [0.2, 0.25) is 0 Å². The zero-order chi connectivity index (χ0) is 9.61. The molecule has 12 heavy (non-hydrogen) atoms. The van der Waals surface area contributed by atoms with Gasteiger partial charge in [0.25, 0.3) is 10.1 Å². The van der Waals surface area contributed by atoms with Crippen LogP contribution in [0.4, 0.5) is 0 Å². The number of hydrogen-bond donors (Lipinski definition) is 0. The van der Waals surface area contributed by atoms with E-state index < -0.39 is 21.8 Å². The lowest BCUT2D eigenvalue weighted by Crippen LogP contribution is -2.20. The maximum Gasteiger partial charge on any atom is 0.323 e. The molecular weight excluding hydrogens is 184 g/mol. The number of esters is 1. The summed E-state index contributed by atoms with van der Waals surface area (Å²) in [4.78, 5) is 10.7. The molecule has 0 aliphatic carbocycles. The van der Waals surface area contributed by atoms with Crippen molar-refractivity contribution >= 4 is 16.1 Å². The van der Waals surface area contributed by atoms with Crippen LogP contribution in [0, 0.1) is 0 Å². The molecule has 0 radical (unpaired) electrons. The first-order chi connectivity index (χ1) is 5.52. The van der Waals surface area contributed by atoms with Crippen molar-refractivity contribution in [3.63, 3.8) is 0 Å². The molecule has 0 aromatic carbocycles. The summed E-state index contributed by atoms with van der Waals surface area (Å²) in [5, 5.41) is 0. The van der Waals surface area contributed by atoms with Crippen LogP contribution in [0.1, 0.15) is 13.8 Å². The van der Waals surface area contributed by atoms with E-state index in [9.17, 15) is 13.2 Å². The van der Waals surface area contributed by atoms with Crippen LogP contribution in [0.5, 0.6) is 0 Å². The Bertz CT molecular complexity index is 230. The standard InChI is InChI=1S/C6H12O5S/c1-3-10-6(7)5-12(8,9)11-4-2/h3-5H2,1-2H3. The third-order valence-electron chi connectivity index (χ3n) is 0.897. The Balaban J connectivity index is 3.98. The number of carbonyl (C=O) groups is 1. The van der Waals surface area contributed by atoms with Crippen molar-refractivity contribution in [1.29, 1.82) is 0 Å². The monoisotopic (exact) mass is 196 g/mol. The first-order valence-electron chi connectivity index (χ1n) is 3.54. The first-order valence-corrected chi connectivity index (χ1v) is 5.12. The summed E-state index contributed by atoms with van der Waals surface area (Å²) in [6, 6.07) is 0. The van der Waals surface area contributed by atoms with E-state index in [0.717, 1.165) is 0 Å². The van der Waals surface area contributed by atoms with E-state index in [4.69, 9.17) is 0 Å². The van der Waals surface area contributed by atoms with E-state index in [1.165, 1.54) is 6.92 Å². The summed E-state index contributed by atoms with van der Waals surface area (Å²) in [6.45, 7) is 3.33. The van der Waals surface area contributed by atoms with Crippen molar-refractivity contribution in [2.75, 3.05) is 19.0 Å². The molecule has 0 spiro atoms. The SMILES string of the molecule is CCOC(=O)CS(=O)(=O)OCC. The van der Waals surface area contributed by atoms with Gasteiger partial charge in [0.2, 0.25) is 0 Å². The minimum absolute atomic E-state index is 0.0295.